The minimum Gasteiger partial charge on any atom is -0.337 e. The molecule has 0 aliphatic heterocycles. The minimum absolute atomic E-state index is 0.210. The molecule has 1 aromatic heterocycles. The van der Waals surface area contributed by atoms with Gasteiger partial charge in [0.2, 0.25) is 5.91 Å². The highest BCUT2D eigenvalue weighted by Gasteiger charge is 2.19. The minimum atomic E-state index is -0.359. The molecule has 6 nitrogen and oxygen atoms in total. The number of benzene rings is 2. The van der Waals surface area contributed by atoms with Crippen LogP contribution in [0.15, 0.2) is 53.3 Å². The molecule has 0 spiro atoms. The molecule has 0 fully saturated rings. The van der Waals surface area contributed by atoms with Crippen LogP contribution in [0.3, 0.4) is 0 Å². The fourth-order valence-corrected chi connectivity index (χ4v) is 2.55. The van der Waals surface area contributed by atoms with Crippen molar-refractivity contribution in [2.24, 2.45) is 0 Å². The average Bonchev–Trinajstić information content (AvgIpc) is 2.63. The number of carbonyl (C=O) groups excluding carboxylic acids is 1. The molecule has 0 unspecified atom stereocenters. The van der Waals surface area contributed by atoms with Gasteiger partial charge in [-0.15, -0.1) is 5.10 Å². The van der Waals surface area contributed by atoms with E-state index in [1.165, 1.54) is 17.0 Å². The van der Waals surface area contributed by atoms with Crippen molar-refractivity contribution in [1.82, 2.24) is 19.9 Å². The van der Waals surface area contributed by atoms with Crippen LogP contribution in [0, 0.1) is 5.82 Å². The summed E-state index contributed by atoms with van der Waals surface area (Å²) in [5, 5.41) is 8.21. The zero-order chi connectivity index (χ0) is 18.0. The van der Waals surface area contributed by atoms with E-state index >= 15 is 0 Å². The van der Waals surface area contributed by atoms with Crippen molar-refractivity contribution in [3.63, 3.8) is 0 Å². The van der Waals surface area contributed by atoms with Crippen LogP contribution in [0.2, 0.25) is 0 Å². The first-order valence-corrected chi connectivity index (χ1v) is 7.81. The predicted octanol–water partition coefficient (Wildman–Crippen LogP) is 2.15. The monoisotopic (exact) mass is 340 g/mol. The molecule has 1 atom stereocenters. The normalized spacial score (nSPS) is 12.1. The van der Waals surface area contributed by atoms with Crippen molar-refractivity contribution in [2.45, 2.75) is 19.5 Å². The molecule has 7 heteroatoms. The zero-order valence-electron chi connectivity index (χ0n) is 13.9. The Bertz CT molecular complexity index is 969. The summed E-state index contributed by atoms with van der Waals surface area (Å²) in [4.78, 5) is 26.4. The molecular weight excluding hydrogens is 323 g/mol. The molecule has 2 aromatic carbocycles. The van der Waals surface area contributed by atoms with Crippen molar-refractivity contribution in [1.29, 1.82) is 0 Å². The van der Waals surface area contributed by atoms with Gasteiger partial charge in [-0.05, 0) is 36.8 Å². The average molecular weight is 340 g/mol. The summed E-state index contributed by atoms with van der Waals surface area (Å²) in [6.45, 7) is 1.62. The molecule has 128 valence electrons. The summed E-state index contributed by atoms with van der Waals surface area (Å²) in [5.41, 5.74) is 0.931. The number of fused-ring (bicyclic) bond motifs is 1. The molecule has 1 heterocycles. The molecule has 0 aliphatic rings. The van der Waals surface area contributed by atoms with E-state index in [-0.39, 0.29) is 29.9 Å². The highest BCUT2D eigenvalue weighted by atomic mass is 19.1. The fourth-order valence-electron chi connectivity index (χ4n) is 2.55. The quantitative estimate of drug-likeness (QED) is 0.730. The topological polar surface area (TPSA) is 68.1 Å². The number of amides is 1. The molecule has 3 aromatic rings. The smallest absolute Gasteiger partial charge is 0.278 e. The highest BCUT2D eigenvalue weighted by molar-refractivity contribution is 5.78. The predicted molar refractivity (Wildman–Crippen MR) is 91.4 cm³/mol. The van der Waals surface area contributed by atoms with E-state index in [0.29, 0.717) is 10.9 Å². The van der Waals surface area contributed by atoms with Crippen LogP contribution < -0.4 is 5.56 Å². The number of aromatic nitrogens is 3. The first-order chi connectivity index (χ1) is 12.0. The molecule has 1 amide bonds. The number of hydrogen-bond donors (Lipinski definition) is 0. The summed E-state index contributed by atoms with van der Waals surface area (Å²) in [5.74, 6) is -0.619. The van der Waals surface area contributed by atoms with Gasteiger partial charge in [-0.25, -0.2) is 9.07 Å². The van der Waals surface area contributed by atoms with Gasteiger partial charge in [0, 0.05) is 7.05 Å². The van der Waals surface area contributed by atoms with Gasteiger partial charge in [-0.1, -0.05) is 29.5 Å². The second kappa shape index (κ2) is 6.80. The van der Waals surface area contributed by atoms with Crippen LogP contribution in [-0.4, -0.2) is 32.8 Å². The zero-order valence-corrected chi connectivity index (χ0v) is 13.9. The van der Waals surface area contributed by atoms with Crippen molar-refractivity contribution in [2.75, 3.05) is 7.05 Å². The summed E-state index contributed by atoms with van der Waals surface area (Å²) >= 11 is 0. The summed E-state index contributed by atoms with van der Waals surface area (Å²) in [6, 6.07) is 12.5. The van der Waals surface area contributed by atoms with E-state index in [9.17, 15) is 14.0 Å². The lowest BCUT2D eigenvalue weighted by molar-refractivity contribution is -0.132. The third-order valence-corrected chi connectivity index (χ3v) is 4.24. The Morgan fingerprint density at radius 3 is 2.60 bits per heavy atom. The third kappa shape index (κ3) is 3.40. The molecule has 0 saturated carbocycles. The number of carbonyl (C=O) groups is 1. The lowest BCUT2D eigenvalue weighted by Gasteiger charge is -2.25. The van der Waals surface area contributed by atoms with Crippen molar-refractivity contribution in [3.05, 3.63) is 70.3 Å². The molecule has 0 saturated heterocycles. The van der Waals surface area contributed by atoms with Crippen LogP contribution in [-0.2, 0) is 11.3 Å². The molecule has 0 radical (unpaired) electrons. The van der Waals surface area contributed by atoms with E-state index in [0.717, 1.165) is 10.2 Å². The van der Waals surface area contributed by atoms with Gasteiger partial charge >= 0.3 is 0 Å². The second-order valence-electron chi connectivity index (χ2n) is 5.80. The maximum absolute atomic E-state index is 13.0. The molecule has 25 heavy (non-hydrogen) atoms. The molecule has 0 bridgehead atoms. The standard InChI is InChI=1S/C18H17FN4O2/c1-12(13-7-9-14(19)10-8-13)22(2)17(24)11-23-18(25)15-5-3-4-6-16(15)20-21-23/h3-10,12H,11H2,1-2H3/t12-/m0/s1. The molecule has 0 N–H and O–H groups in total. The Morgan fingerprint density at radius 2 is 1.88 bits per heavy atom. The Morgan fingerprint density at radius 1 is 1.20 bits per heavy atom. The van der Waals surface area contributed by atoms with Crippen LogP contribution in [0.25, 0.3) is 10.9 Å². The highest BCUT2D eigenvalue weighted by Crippen LogP contribution is 2.19. The molecule has 0 aliphatic carbocycles. The van der Waals surface area contributed by atoms with Gasteiger partial charge in [0.1, 0.15) is 17.9 Å². The maximum atomic E-state index is 13.0. The van der Waals surface area contributed by atoms with E-state index in [4.69, 9.17) is 0 Å². The Hall–Kier alpha value is -3.09. The Labute approximate surface area is 143 Å². The Kier molecular flexibility index (Phi) is 4.56. The number of halogens is 1. The maximum Gasteiger partial charge on any atom is 0.278 e. The van der Waals surface area contributed by atoms with Crippen molar-refractivity contribution >= 4 is 16.8 Å². The lowest BCUT2D eigenvalue weighted by Crippen LogP contribution is -2.36. The van der Waals surface area contributed by atoms with Gasteiger partial charge in [-0.3, -0.25) is 9.59 Å². The van der Waals surface area contributed by atoms with Gasteiger partial charge in [0.15, 0.2) is 0 Å². The van der Waals surface area contributed by atoms with E-state index in [1.54, 1.807) is 43.4 Å². The van der Waals surface area contributed by atoms with E-state index in [2.05, 4.69) is 10.3 Å². The van der Waals surface area contributed by atoms with Gasteiger partial charge < -0.3 is 4.90 Å². The number of nitrogens with zero attached hydrogens (tertiary/aromatic N) is 4. The van der Waals surface area contributed by atoms with Gasteiger partial charge in [0.05, 0.1) is 11.4 Å². The number of likely N-dealkylation sites (N-methyl/N-ethyl adjacent to an activating group) is 1. The molecule has 3 rings (SSSR count). The van der Waals surface area contributed by atoms with Crippen LogP contribution in [0.4, 0.5) is 4.39 Å². The van der Waals surface area contributed by atoms with Crippen LogP contribution in [0.1, 0.15) is 18.5 Å². The van der Waals surface area contributed by atoms with E-state index < -0.39 is 0 Å². The number of hydrogen-bond acceptors (Lipinski definition) is 4. The van der Waals surface area contributed by atoms with Gasteiger partial charge in [0.25, 0.3) is 5.56 Å². The summed E-state index contributed by atoms with van der Waals surface area (Å²) in [7, 11) is 1.63. The lowest BCUT2D eigenvalue weighted by atomic mass is 10.1. The van der Waals surface area contributed by atoms with E-state index in [1.807, 2.05) is 6.92 Å². The Balaban J connectivity index is 1.80. The SMILES string of the molecule is C[C@@H](c1ccc(F)cc1)N(C)C(=O)Cn1nnc2ccccc2c1=O. The first kappa shape index (κ1) is 16.8. The number of rotatable bonds is 4. The summed E-state index contributed by atoms with van der Waals surface area (Å²) < 4.78 is 14.1. The largest absolute Gasteiger partial charge is 0.337 e. The molecular formula is C18H17FN4O2. The van der Waals surface area contributed by atoms with Crippen molar-refractivity contribution < 1.29 is 9.18 Å². The third-order valence-electron chi connectivity index (χ3n) is 4.24. The fraction of sp³-hybridized carbons (Fsp3) is 0.222. The van der Waals surface area contributed by atoms with Gasteiger partial charge in [-0.2, -0.15) is 0 Å². The van der Waals surface area contributed by atoms with Crippen LogP contribution >= 0.6 is 0 Å². The summed E-state index contributed by atoms with van der Waals surface area (Å²) in [6.07, 6.45) is 0. The second-order valence-corrected chi connectivity index (χ2v) is 5.80. The van der Waals surface area contributed by atoms with Crippen LogP contribution in [0.5, 0.6) is 0 Å². The first-order valence-electron chi connectivity index (χ1n) is 7.81. The van der Waals surface area contributed by atoms with Crippen molar-refractivity contribution in [3.8, 4) is 0 Å².